The van der Waals surface area contributed by atoms with Crippen LogP contribution in [0.25, 0.3) is 0 Å². The van der Waals surface area contributed by atoms with Crippen molar-refractivity contribution in [2.45, 2.75) is 12.8 Å². The molecule has 2 heterocycles. The van der Waals surface area contributed by atoms with E-state index >= 15 is 0 Å². The maximum atomic E-state index is 5.70. The Kier molecular flexibility index (Phi) is 4.85. The van der Waals surface area contributed by atoms with E-state index in [0.717, 1.165) is 25.5 Å². The molecule has 1 aliphatic heterocycles. The zero-order valence-corrected chi connectivity index (χ0v) is 9.62. The summed E-state index contributed by atoms with van der Waals surface area (Å²) in [6.07, 6.45) is 4.35. The Bertz CT molecular complexity index is 278. The van der Waals surface area contributed by atoms with Gasteiger partial charge in [0.15, 0.2) is 0 Å². The van der Waals surface area contributed by atoms with Gasteiger partial charge in [-0.15, -0.1) is 12.4 Å². The van der Waals surface area contributed by atoms with Crippen LogP contribution in [-0.4, -0.2) is 24.6 Å². The van der Waals surface area contributed by atoms with Crippen molar-refractivity contribution in [3.8, 4) is 0 Å². The van der Waals surface area contributed by atoms with Gasteiger partial charge in [0.25, 0.3) is 0 Å². The van der Waals surface area contributed by atoms with Gasteiger partial charge in [-0.3, -0.25) is 0 Å². The van der Waals surface area contributed by atoms with Crippen LogP contribution in [0.15, 0.2) is 24.4 Å². The van der Waals surface area contributed by atoms with E-state index in [9.17, 15) is 0 Å². The minimum atomic E-state index is 0. The Hall–Kier alpha value is -0.800. The first-order chi connectivity index (χ1) is 6.90. The molecule has 84 valence electrons. The summed E-state index contributed by atoms with van der Waals surface area (Å²) in [4.78, 5) is 6.69. The predicted octanol–water partition coefficient (Wildman–Crippen LogP) is 1.68. The lowest BCUT2D eigenvalue weighted by Crippen LogP contribution is -2.38. The molecule has 1 aromatic rings. The van der Waals surface area contributed by atoms with Crippen LogP contribution in [0.2, 0.25) is 0 Å². The zero-order chi connectivity index (χ0) is 9.80. The second kappa shape index (κ2) is 5.93. The van der Waals surface area contributed by atoms with Crippen LogP contribution >= 0.6 is 12.4 Å². The van der Waals surface area contributed by atoms with Crippen LogP contribution < -0.4 is 10.6 Å². The molecule has 0 aliphatic carbocycles. The Morgan fingerprint density at radius 3 is 3.00 bits per heavy atom. The summed E-state index contributed by atoms with van der Waals surface area (Å²) in [5, 5.41) is 0. The highest BCUT2D eigenvalue weighted by Crippen LogP contribution is 2.20. The largest absolute Gasteiger partial charge is 0.356 e. The van der Waals surface area contributed by atoms with Crippen molar-refractivity contribution in [2.75, 3.05) is 24.5 Å². The third-order valence-electron chi connectivity index (χ3n) is 2.83. The fraction of sp³-hybridized carbons (Fsp3) is 0.545. The van der Waals surface area contributed by atoms with Gasteiger partial charge in [0.05, 0.1) is 0 Å². The van der Waals surface area contributed by atoms with Crippen LogP contribution in [0.5, 0.6) is 0 Å². The molecular formula is C11H18ClN3. The summed E-state index contributed by atoms with van der Waals surface area (Å²) in [5.41, 5.74) is 5.70. The van der Waals surface area contributed by atoms with Gasteiger partial charge in [-0.05, 0) is 37.4 Å². The third kappa shape index (κ3) is 3.08. The molecule has 1 unspecified atom stereocenters. The number of aromatic nitrogens is 1. The quantitative estimate of drug-likeness (QED) is 0.836. The maximum Gasteiger partial charge on any atom is 0.128 e. The molecule has 0 bridgehead atoms. The number of hydrogen-bond donors (Lipinski definition) is 1. The number of piperidine rings is 1. The van der Waals surface area contributed by atoms with Crippen LogP contribution in [0.3, 0.4) is 0 Å². The van der Waals surface area contributed by atoms with Crippen molar-refractivity contribution in [3.63, 3.8) is 0 Å². The van der Waals surface area contributed by atoms with Gasteiger partial charge in [-0.2, -0.15) is 0 Å². The molecular weight excluding hydrogens is 210 g/mol. The number of hydrogen-bond acceptors (Lipinski definition) is 3. The Morgan fingerprint density at radius 2 is 2.33 bits per heavy atom. The Balaban J connectivity index is 0.00000112. The Morgan fingerprint density at radius 1 is 1.47 bits per heavy atom. The highest BCUT2D eigenvalue weighted by molar-refractivity contribution is 5.85. The SMILES string of the molecule is Cl.NCC1CCCN(c2ccccn2)C1. The van der Waals surface area contributed by atoms with E-state index in [2.05, 4.69) is 16.0 Å². The van der Waals surface area contributed by atoms with Gasteiger partial charge in [0.2, 0.25) is 0 Å². The van der Waals surface area contributed by atoms with E-state index in [0.29, 0.717) is 5.92 Å². The Labute approximate surface area is 97.1 Å². The van der Waals surface area contributed by atoms with Crippen LogP contribution in [-0.2, 0) is 0 Å². The number of pyridine rings is 1. The first-order valence-electron chi connectivity index (χ1n) is 5.26. The molecule has 1 aromatic heterocycles. The van der Waals surface area contributed by atoms with E-state index in [1.165, 1.54) is 12.8 Å². The highest BCUT2D eigenvalue weighted by atomic mass is 35.5. The lowest BCUT2D eigenvalue weighted by molar-refractivity contribution is 0.422. The summed E-state index contributed by atoms with van der Waals surface area (Å²) in [6.45, 7) is 2.98. The molecule has 1 saturated heterocycles. The van der Waals surface area contributed by atoms with Crippen molar-refractivity contribution in [2.24, 2.45) is 11.7 Å². The molecule has 2 rings (SSSR count). The average Bonchev–Trinajstić information content (AvgIpc) is 2.30. The number of anilines is 1. The predicted molar refractivity (Wildman–Crippen MR) is 65.5 cm³/mol. The lowest BCUT2D eigenvalue weighted by atomic mass is 9.98. The first kappa shape index (κ1) is 12.3. The molecule has 0 amide bonds. The summed E-state index contributed by atoms with van der Waals surface area (Å²) in [6, 6.07) is 6.06. The third-order valence-corrected chi connectivity index (χ3v) is 2.83. The number of nitrogens with two attached hydrogens (primary N) is 1. The average molecular weight is 228 g/mol. The van der Waals surface area contributed by atoms with Crippen molar-refractivity contribution < 1.29 is 0 Å². The van der Waals surface area contributed by atoms with Crippen LogP contribution in [0.1, 0.15) is 12.8 Å². The van der Waals surface area contributed by atoms with Crippen molar-refractivity contribution in [3.05, 3.63) is 24.4 Å². The minimum Gasteiger partial charge on any atom is -0.356 e. The molecule has 1 aliphatic rings. The van der Waals surface area contributed by atoms with Crippen LogP contribution in [0, 0.1) is 5.92 Å². The second-order valence-corrected chi connectivity index (χ2v) is 3.88. The fourth-order valence-electron chi connectivity index (χ4n) is 2.01. The molecule has 0 aromatic carbocycles. The minimum absolute atomic E-state index is 0. The molecule has 15 heavy (non-hydrogen) atoms. The molecule has 4 heteroatoms. The maximum absolute atomic E-state index is 5.70. The van der Waals surface area contributed by atoms with E-state index in [-0.39, 0.29) is 12.4 Å². The van der Waals surface area contributed by atoms with Gasteiger partial charge in [0.1, 0.15) is 5.82 Å². The molecule has 0 radical (unpaired) electrons. The molecule has 3 nitrogen and oxygen atoms in total. The van der Waals surface area contributed by atoms with Crippen molar-refractivity contribution in [1.29, 1.82) is 0 Å². The lowest BCUT2D eigenvalue weighted by Gasteiger charge is -2.32. The number of halogens is 1. The van der Waals surface area contributed by atoms with Gasteiger partial charge < -0.3 is 10.6 Å². The van der Waals surface area contributed by atoms with Crippen LogP contribution in [0.4, 0.5) is 5.82 Å². The number of rotatable bonds is 2. The fourth-order valence-corrected chi connectivity index (χ4v) is 2.01. The molecule has 0 saturated carbocycles. The van der Waals surface area contributed by atoms with Gasteiger partial charge in [-0.1, -0.05) is 6.07 Å². The normalized spacial score (nSPS) is 20.9. The van der Waals surface area contributed by atoms with E-state index < -0.39 is 0 Å². The van der Waals surface area contributed by atoms with Crippen molar-refractivity contribution in [1.82, 2.24) is 4.98 Å². The van der Waals surface area contributed by atoms with E-state index in [4.69, 9.17) is 5.73 Å². The van der Waals surface area contributed by atoms with E-state index in [1.807, 2.05) is 18.3 Å². The number of nitrogens with zero attached hydrogens (tertiary/aromatic N) is 2. The topological polar surface area (TPSA) is 42.1 Å². The molecule has 1 fully saturated rings. The molecule has 0 spiro atoms. The second-order valence-electron chi connectivity index (χ2n) is 3.88. The standard InChI is InChI=1S/C11H17N3.ClH/c12-8-10-4-3-7-14(9-10)11-5-1-2-6-13-11;/h1-2,5-6,10H,3-4,7-9,12H2;1H. The highest BCUT2D eigenvalue weighted by Gasteiger charge is 2.19. The smallest absolute Gasteiger partial charge is 0.128 e. The summed E-state index contributed by atoms with van der Waals surface area (Å²) < 4.78 is 0. The summed E-state index contributed by atoms with van der Waals surface area (Å²) in [7, 11) is 0. The first-order valence-corrected chi connectivity index (χ1v) is 5.26. The molecule has 1 atom stereocenters. The van der Waals surface area contributed by atoms with Gasteiger partial charge in [-0.25, -0.2) is 4.98 Å². The zero-order valence-electron chi connectivity index (χ0n) is 8.80. The summed E-state index contributed by atoms with van der Waals surface area (Å²) >= 11 is 0. The monoisotopic (exact) mass is 227 g/mol. The molecule has 2 N–H and O–H groups in total. The van der Waals surface area contributed by atoms with Gasteiger partial charge in [0, 0.05) is 19.3 Å². The summed E-state index contributed by atoms with van der Waals surface area (Å²) in [5.74, 6) is 1.73. The van der Waals surface area contributed by atoms with Crippen molar-refractivity contribution >= 4 is 18.2 Å². The van der Waals surface area contributed by atoms with E-state index in [1.54, 1.807) is 0 Å². The van der Waals surface area contributed by atoms with Gasteiger partial charge >= 0.3 is 0 Å².